The average molecular weight is 399 g/mol. The SMILES string of the molecule is Cc1nc(Nc2ccc(F)cc2F)cc(N2CCN(c3ccccc3F)CC2)n1. The highest BCUT2D eigenvalue weighted by molar-refractivity contribution is 5.61. The molecule has 8 heteroatoms. The number of benzene rings is 2. The zero-order chi connectivity index (χ0) is 20.4. The maximum atomic E-state index is 14.0. The van der Waals surface area contributed by atoms with Gasteiger partial charge in [0.15, 0.2) is 0 Å². The highest BCUT2D eigenvalue weighted by Gasteiger charge is 2.21. The van der Waals surface area contributed by atoms with Gasteiger partial charge in [-0.2, -0.15) is 0 Å². The molecule has 2 heterocycles. The van der Waals surface area contributed by atoms with Gasteiger partial charge in [-0.15, -0.1) is 0 Å². The second kappa shape index (κ2) is 7.98. The van der Waals surface area contributed by atoms with E-state index in [0.717, 1.165) is 6.07 Å². The maximum absolute atomic E-state index is 14.0. The summed E-state index contributed by atoms with van der Waals surface area (Å²) in [4.78, 5) is 12.9. The Morgan fingerprint density at radius 2 is 1.55 bits per heavy atom. The molecule has 1 saturated heterocycles. The Kier molecular flexibility index (Phi) is 5.24. The minimum Gasteiger partial charge on any atom is -0.366 e. The van der Waals surface area contributed by atoms with Gasteiger partial charge in [0.25, 0.3) is 0 Å². The number of anilines is 4. The third-order valence-corrected chi connectivity index (χ3v) is 4.82. The summed E-state index contributed by atoms with van der Waals surface area (Å²) in [6, 6.07) is 11.8. The van der Waals surface area contributed by atoms with Crippen molar-refractivity contribution in [3.05, 3.63) is 71.8 Å². The van der Waals surface area contributed by atoms with Crippen LogP contribution in [0.15, 0.2) is 48.5 Å². The van der Waals surface area contributed by atoms with Gasteiger partial charge in [-0.3, -0.25) is 0 Å². The monoisotopic (exact) mass is 399 g/mol. The zero-order valence-corrected chi connectivity index (χ0v) is 15.9. The van der Waals surface area contributed by atoms with Crippen LogP contribution >= 0.6 is 0 Å². The Morgan fingerprint density at radius 1 is 0.828 bits per heavy atom. The number of aryl methyl sites for hydroxylation is 1. The van der Waals surface area contributed by atoms with E-state index in [0.29, 0.717) is 49.3 Å². The van der Waals surface area contributed by atoms with Crippen molar-refractivity contribution in [2.45, 2.75) is 6.92 Å². The molecule has 29 heavy (non-hydrogen) atoms. The van der Waals surface area contributed by atoms with Crippen LogP contribution in [0.4, 0.5) is 36.2 Å². The van der Waals surface area contributed by atoms with Crippen molar-refractivity contribution in [3.63, 3.8) is 0 Å². The molecule has 0 radical (unpaired) electrons. The van der Waals surface area contributed by atoms with Crippen LogP contribution in [0.2, 0.25) is 0 Å². The van der Waals surface area contributed by atoms with Gasteiger partial charge in [0.2, 0.25) is 0 Å². The molecular formula is C21H20F3N5. The van der Waals surface area contributed by atoms with E-state index < -0.39 is 11.6 Å². The van der Waals surface area contributed by atoms with Gasteiger partial charge in [0.05, 0.1) is 11.4 Å². The van der Waals surface area contributed by atoms with Crippen molar-refractivity contribution in [1.82, 2.24) is 9.97 Å². The lowest BCUT2D eigenvalue weighted by atomic mass is 10.2. The Bertz CT molecular complexity index is 1020. The van der Waals surface area contributed by atoms with E-state index in [4.69, 9.17) is 0 Å². The van der Waals surface area contributed by atoms with E-state index >= 15 is 0 Å². The Hall–Kier alpha value is -3.29. The van der Waals surface area contributed by atoms with Crippen molar-refractivity contribution < 1.29 is 13.2 Å². The van der Waals surface area contributed by atoms with Crippen molar-refractivity contribution in [2.24, 2.45) is 0 Å². The second-order valence-corrected chi connectivity index (χ2v) is 6.83. The van der Waals surface area contributed by atoms with E-state index in [2.05, 4.69) is 20.2 Å². The first-order valence-corrected chi connectivity index (χ1v) is 9.32. The Balaban J connectivity index is 1.49. The summed E-state index contributed by atoms with van der Waals surface area (Å²) in [5.41, 5.74) is 0.736. The van der Waals surface area contributed by atoms with E-state index in [9.17, 15) is 13.2 Å². The van der Waals surface area contributed by atoms with Crippen LogP contribution in [0.5, 0.6) is 0 Å². The van der Waals surface area contributed by atoms with Crippen LogP contribution in [0.3, 0.4) is 0 Å². The highest BCUT2D eigenvalue weighted by Crippen LogP contribution is 2.25. The molecule has 5 nitrogen and oxygen atoms in total. The van der Waals surface area contributed by atoms with Gasteiger partial charge < -0.3 is 15.1 Å². The number of hydrogen-bond acceptors (Lipinski definition) is 5. The largest absolute Gasteiger partial charge is 0.366 e. The van der Waals surface area contributed by atoms with E-state index in [-0.39, 0.29) is 11.5 Å². The molecule has 0 aliphatic carbocycles. The summed E-state index contributed by atoms with van der Waals surface area (Å²) in [7, 11) is 0. The normalized spacial score (nSPS) is 14.2. The standard InChI is InChI=1S/C21H20F3N5/c1-14-25-20(27-18-7-6-15(22)12-17(18)24)13-21(26-14)29-10-8-28(9-11-29)19-5-3-2-4-16(19)23/h2-7,12-13H,8-11H2,1H3,(H,25,26,27). The van der Waals surface area contributed by atoms with E-state index in [1.54, 1.807) is 25.1 Å². The summed E-state index contributed by atoms with van der Waals surface area (Å²) in [5.74, 6) is 0.0996. The van der Waals surface area contributed by atoms with Crippen molar-refractivity contribution >= 4 is 23.0 Å². The van der Waals surface area contributed by atoms with Gasteiger partial charge in [0, 0.05) is 38.3 Å². The summed E-state index contributed by atoms with van der Waals surface area (Å²) in [5, 5.41) is 2.88. The first-order chi connectivity index (χ1) is 14.0. The lowest BCUT2D eigenvalue weighted by molar-refractivity contribution is 0.586. The van der Waals surface area contributed by atoms with Crippen LogP contribution in [-0.2, 0) is 0 Å². The number of halogens is 3. The Morgan fingerprint density at radius 3 is 2.28 bits per heavy atom. The van der Waals surface area contributed by atoms with Crippen LogP contribution in [0, 0.1) is 24.4 Å². The molecular weight excluding hydrogens is 379 g/mol. The van der Waals surface area contributed by atoms with Crippen LogP contribution in [0.25, 0.3) is 0 Å². The quantitative estimate of drug-likeness (QED) is 0.710. The molecule has 1 aromatic heterocycles. The predicted molar refractivity (Wildman–Crippen MR) is 107 cm³/mol. The molecule has 1 fully saturated rings. The zero-order valence-electron chi connectivity index (χ0n) is 15.9. The molecule has 150 valence electrons. The number of nitrogens with one attached hydrogen (secondary N) is 1. The van der Waals surface area contributed by atoms with Crippen LogP contribution in [-0.4, -0.2) is 36.1 Å². The number of nitrogens with zero attached hydrogens (tertiary/aromatic N) is 4. The van der Waals surface area contributed by atoms with Crippen molar-refractivity contribution in [3.8, 4) is 0 Å². The molecule has 2 aromatic carbocycles. The molecule has 0 spiro atoms. The van der Waals surface area contributed by atoms with Gasteiger partial charge >= 0.3 is 0 Å². The first-order valence-electron chi connectivity index (χ1n) is 9.32. The molecule has 0 bridgehead atoms. The molecule has 0 saturated carbocycles. The molecule has 0 amide bonds. The molecule has 4 rings (SSSR count). The van der Waals surface area contributed by atoms with E-state index in [1.807, 2.05) is 11.0 Å². The minimum absolute atomic E-state index is 0.139. The smallest absolute Gasteiger partial charge is 0.149 e. The van der Waals surface area contributed by atoms with Crippen LogP contribution in [0.1, 0.15) is 5.82 Å². The number of rotatable bonds is 4. The van der Waals surface area contributed by atoms with Crippen molar-refractivity contribution in [2.75, 3.05) is 41.3 Å². The predicted octanol–water partition coefficient (Wildman–Crippen LogP) is 4.27. The molecule has 0 atom stereocenters. The fourth-order valence-electron chi connectivity index (χ4n) is 3.39. The van der Waals surface area contributed by atoms with Gasteiger partial charge in [-0.25, -0.2) is 23.1 Å². The third-order valence-electron chi connectivity index (χ3n) is 4.82. The molecule has 3 aromatic rings. The molecule has 1 aliphatic rings. The summed E-state index contributed by atoms with van der Waals surface area (Å²) in [6.07, 6.45) is 0. The topological polar surface area (TPSA) is 44.3 Å². The van der Waals surface area contributed by atoms with Crippen molar-refractivity contribution in [1.29, 1.82) is 0 Å². The molecule has 1 N–H and O–H groups in total. The van der Waals surface area contributed by atoms with Gasteiger partial charge in [-0.05, 0) is 31.2 Å². The maximum Gasteiger partial charge on any atom is 0.149 e. The summed E-state index contributed by atoms with van der Waals surface area (Å²) < 4.78 is 41.1. The Labute approximate surface area is 166 Å². The number of piperazine rings is 1. The minimum atomic E-state index is -0.693. The fraction of sp³-hybridized carbons (Fsp3) is 0.238. The summed E-state index contributed by atoms with van der Waals surface area (Å²) in [6.45, 7) is 4.38. The summed E-state index contributed by atoms with van der Waals surface area (Å²) >= 11 is 0. The average Bonchev–Trinajstić information content (AvgIpc) is 2.70. The van der Waals surface area contributed by atoms with E-state index in [1.165, 1.54) is 18.2 Å². The first kappa shape index (κ1) is 19.0. The third kappa shape index (κ3) is 4.26. The lowest BCUT2D eigenvalue weighted by Crippen LogP contribution is -2.47. The van der Waals surface area contributed by atoms with Gasteiger partial charge in [-0.1, -0.05) is 12.1 Å². The fourth-order valence-corrected chi connectivity index (χ4v) is 3.39. The van der Waals surface area contributed by atoms with Crippen LogP contribution < -0.4 is 15.1 Å². The lowest BCUT2D eigenvalue weighted by Gasteiger charge is -2.37. The highest BCUT2D eigenvalue weighted by atomic mass is 19.1. The number of para-hydroxylation sites is 1. The second-order valence-electron chi connectivity index (χ2n) is 6.83. The number of aromatic nitrogens is 2. The molecule has 0 unspecified atom stereocenters. The van der Waals surface area contributed by atoms with Gasteiger partial charge in [0.1, 0.15) is 34.9 Å². The number of hydrogen-bond donors (Lipinski definition) is 1. The molecule has 1 aliphatic heterocycles.